The summed E-state index contributed by atoms with van der Waals surface area (Å²) >= 11 is 0. The second-order valence-electron chi connectivity index (χ2n) is 6.70. The van der Waals surface area contributed by atoms with E-state index in [0.717, 1.165) is 0 Å². The van der Waals surface area contributed by atoms with Gasteiger partial charge in [0.05, 0.1) is 19.8 Å². The molecule has 0 amide bonds. The number of hydrogen-bond donors (Lipinski definition) is 3. The van der Waals surface area contributed by atoms with Crippen molar-refractivity contribution in [2.24, 2.45) is 0 Å². The Balaban J connectivity index is 0.00000181. The minimum absolute atomic E-state index is 0. The molecule has 0 radical (unpaired) electrons. The number of halogens is 1. The van der Waals surface area contributed by atoms with Crippen LogP contribution in [0, 0.1) is 5.82 Å². The third-order valence-electron chi connectivity index (χ3n) is 4.80. The number of benzene rings is 1. The van der Waals surface area contributed by atoms with Crippen molar-refractivity contribution < 1.29 is 97.3 Å². The Labute approximate surface area is 225 Å². The van der Waals surface area contributed by atoms with Crippen molar-refractivity contribution in [3.05, 3.63) is 42.6 Å². The number of hydrogen-bond acceptors (Lipinski definition) is 10. The van der Waals surface area contributed by atoms with E-state index in [1.807, 2.05) is 0 Å². The van der Waals surface area contributed by atoms with Gasteiger partial charge < -0.3 is 44.1 Å². The average Bonchev–Trinajstić information content (AvgIpc) is 3.20. The van der Waals surface area contributed by atoms with E-state index in [2.05, 4.69) is 14.5 Å². The second kappa shape index (κ2) is 10.9. The number of aromatic nitrogens is 3. The first-order chi connectivity index (χ1) is 14.2. The standard InChI is InChI=1S/C17H18FN4O7P.2Na/c18-9-3-1-8(2-4-9)10-5-22(16-12(10)15(19)20-7-21-16)17-14(24)13(23)11(29-17)6-28-30(25,26)27;;/h1-5,7,11,13-14,17,23-24H,6H2,(H2,19,20,21)(H2,25,26,27);;/q;2*+1/p-2/t11-,13-,14-,17-;;/m1../s1. The van der Waals surface area contributed by atoms with Crippen LogP contribution in [-0.4, -0.2) is 49.7 Å². The number of anilines is 1. The number of fused-ring (bicyclic) bond motifs is 1. The number of nitrogen functional groups attached to an aromatic ring is 1. The molecule has 0 aliphatic carbocycles. The molecule has 0 spiro atoms. The molecule has 0 saturated carbocycles. The molecule has 1 aliphatic rings. The quantitative estimate of drug-likeness (QED) is 0.233. The minimum Gasteiger partial charge on any atom is -0.790 e. The number of aliphatic hydroxyl groups excluding tert-OH is 2. The van der Waals surface area contributed by atoms with Gasteiger partial charge in [-0.1, -0.05) is 12.1 Å². The molecule has 0 unspecified atom stereocenters. The van der Waals surface area contributed by atoms with Crippen LogP contribution in [0.3, 0.4) is 0 Å². The van der Waals surface area contributed by atoms with E-state index in [1.54, 1.807) is 6.20 Å². The molecule has 1 saturated heterocycles. The van der Waals surface area contributed by atoms with Crippen molar-refractivity contribution in [1.82, 2.24) is 14.5 Å². The van der Waals surface area contributed by atoms with Crippen molar-refractivity contribution >= 4 is 24.7 Å². The Kier molecular flexibility index (Phi) is 9.45. The summed E-state index contributed by atoms with van der Waals surface area (Å²) in [4.78, 5) is 29.6. The zero-order valence-electron chi connectivity index (χ0n) is 17.2. The molecule has 3 heterocycles. The molecule has 3 aromatic rings. The molecule has 160 valence electrons. The number of nitrogens with zero attached hydrogens (tertiary/aromatic N) is 3. The number of phosphoric ester groups is 1. The fourth-order valence-corrected chi connectivity index (χ4v) is 3.74. The molecule has 1 fully saturated rings. The number of phosphoric acid groups is 1. The molecule has 15 heteroatoms. The summed E-state index contributed by atoms with van der Waals surface area (Å²) in [6.45, 7) is -0.764. The predicted molar refractivity (Wildman–Crippen MR) is 96.8 cm³/mol. The van der Waals surface area contributed by atoms with Gasteiger partial charge >= 0.3 is 59.1 Å². The van der Waals surface area contributed by atoms with Gasteiger partial charge in [-0.2, -0.15) is 0 Å². The molecular formula is C17H16FN4Na2O7P. The van der Waals surface area contributed by atoms with Gasteiger partial charge in [0.25, 0.3) is 0 Å². The molecule has 1 aromatic carbocycles. The van der Waals surface area contributed by atoms with E-state index in [-0.39, 0.29) is 70.6 Å². The number of aliphatic hydroxyl groups is 2. The largest absolute Gasteiger partial charge is 1.00 e. The van der Waals surface area contributed by atoms with Crippen molar-refractivity contribution in [2.45, 2.75) is 24.5 Å². The summed E-state index contributed by atoms with van der Waals surface area (Å²) in [5.41, 5.74) is 7.39. The summed E-state index contributed by atoms with van der Waals surface area (Å²) < 4.78 is 35.2. The Morgan fingerprint density at radius 2 is 1.84 bits per heavy atom. The molecule has 32 heavy (non-hydrogen) atoms. The van der Waals surface area contributed by atoms with E-state index < -0.39 is 44.8 Å². The number of ether oxygens (including phenoxy) is 1. The topological polar surface area (TPSA) is 179 Å². The fourth-order valence-electron chi connectivity index (χ4n) is 3.41. The van der Waals surface area contributed by atoms with Gasteiger partial charge in [0.2, 0.25) is 0 Å². The van der Waals surface area contributed by atoms with E-state index in [1.165, 1.54) is 35.2 Å². The van der Waals surface area contributed by atoms with Gasteiger partial charge in [-0.15, -0.1) is 0 Å². The normalized spacial score (nSPS) is 23.0. The molecule has 2 aromatic heterocycles. The average molecular weight is 484 g/mol. The SMILES string of the molecule is Nc1ncnc2c1c(-c1ccc(F)cc1)cn2[C@@H]1O[C@H](COP(=O)([O-])[O-])[C@@H](O)[C@H]1O.[Na+].[Na+]. The van der Waals surface area contributed by atoms with E-state index in [0.29, 0.717) is 16.5 Å². The van der Waals surface area contributed by atoms with Gasteiger partial charge in [0.1, 0.15) is 41.9 Å². The van der Waals surface area contributed by atoms with E-state index in [4.69, 9.17) is 10.5 Å². The van der Waals surface area contributed by atoms with Crippen molar-refractivity contribution in [3.63, 3.8) is 0 Å². The summed E-state index contributed by atoms with van der Waals surface area (Å²) in [5.74, 6) is -0.300. The minimum atomic E-state index is -5.29. The Morgan fingerprint density at radius 3 is 2.47 bits per heavy atom. The molecule has 4 rings (SSSR count). The Hall–Kier alpha value is -0.440. The van der Waals surface area contributed by atoms with Gasteiger partial charge in [0.15, 0.2) is 6.23 Å². The summed E-state index contributed by atoms with van der Waals surface area (Å²) in [6.07, 6.45) is -2.77. The second-order valence-corrected chi connectivity index (χ2v) is 7.86. The molecule has 0 bridgehead atoms. The zero-order valence-corrected chi connectivity index (χ0v) is 22.1. The van der Waals surface area contributed by atoms with Crippen molar-refractivity contribution in [1.29, 1.82) is 0 Å². The zero-order chi connectivity index (χ0) is 21.6. The smallest absolute Gasteiger partial charge is 0.790 e. The number of rotatable bonds is 5. The molecule has 4 N–H and O–H groups in total. The molecule has 1 aliphatic heterocycles. The summed E-state index contributed by atoms with van der Waals surface area (Å²) in [6, 6.07) is 5.58. The Morgan fingerprint density at radius 1 is 1.19 bits per heavy atom. The van der Waals surface area contributed by atoms with Crippen LogP contribution in [0.2, 0.25) is 0 Å². The molecular weight excluding hydrogens is 468 g/mol. The first-order valence-corrected chi connectivity index (χ1v) is 10.2. The van der Waals surface area contributed by atoms with Crippen LogP contribution in [0.1, 0.15) is 6.23 Å². The van der Waals surface area contributed by atoms with Crippen LogP contribution in [0.15, 0.2) is 36.8 Å². The van der Waals surface area contributed by atoms with Crippen LogP contribution in [-0.2, 0) is 13.8 Å². The van der Waals surface area contributed by atoms with Gasteiger partial charge in [-0.25, -0.2) is 14.4 Å². The monoisotopic (exact) mass is 484 g/mol. The molecule has 11 nitrogen and oxygen atoms in total. The molecule has 4 atom stereocenters. The van der Waals surface area contributed by atoms with Crippen LogP contribution in [0.4, 0.5) is 10.2 Å². The third kappa shape index (κ3) is 5.61. The predicted octanol–water partition coefficient (Wildman–Crippen LogP) is -6.71. The summed E-state index contributed by atoms with van der Waals surface area (Å²) in [7, 11) is -5.29. The van der Waals surface area contributed by atoms with E-state index >= 15 is 0 Å². The van der Waals surface area contributed by atoms with Gasteiger partial charge in [0, 0.05) is 11.8 Å². The fraction of sp³-hybridized carbons (Fsp3) is 0.294. The Bertz CT molecular complexity index is 1130. The van der Waals surface area contributed by atoms with E-state index in [9.17, 15) is 29.0 Å². The summed E-state index contributed by atoms with van der Waals surface area (Å²) in [5, 5.41) is 21.1. The van der Waals surface area contributed by atoms with Crippen LogP contribution in [0.25, 0.3) is 22.2 Å². The van der Waals surface area contributed by atoms with Crippen LogP contribution in [0.5, 0.6) is 0 Å². The van der Waals surface area contributed by atoms with Gasteiger partial charge in [-0.3, -0.25) is 0 Å². The van der Waals surface area contributed by atoms with Crippen LogP contribution >= 0.6 is 7.82 Å². The maximum Gasteiger partial charge on any atom is 1.00 e. The van der Waals surface area contributed by atoms with Gasteiger partial charge in [-0.05, 0) is 17.7 Å². The van der Waals surface area contributed by atoms with Crippen LogP contribution < -0.4 is 74.6 Å². The van der Waals surface area contributed by atoms with Crippen molar-refractivity contribution in [3.8, 4) is 11.1 Å². The first-order valence-electron chi connectivity index (χ1n) is 8.71. The first kappa shape index (κ1) is 27.8. The number of nitrogens with two attached hydrogens (primary N) is 1. The van der Waals surface area contributed by atoms with Crippen molar-refractivity contribution in [2.75, 3.05) is 12.3 Å². The maximum atomic E-state index is 13.3. The maximum absolute atomic E-state index is 13.3. The third-order valence-corrected chi connectivity index (χ3v) is 5.27.